The Morgan fingerprint density at radius 2 is 1.50 bits per heavy atom. The smallest absolute Gasteiger partial charge is 0.228 e. The van der Waals surface area contributed by atoms with E-state index in [0.29, 0.717) is 5.91 Å². The van der Waals surface area contributed by atoms with Crippen LogP contribution in [0.1, 0.15) is 63.0 Å². The van der Waals surface area contributed by atoms with Gasteiger partial charge in [0.1, 0.15) is 0 Å². The summed E-state index contributed by atoms with van der Waals surface area (Å²) in [6.45, 7) is 1.66. The lowest BCUT2D eigenvalue weighted by Gasteiger charge is -2.57. The van der Waals surface area contributed by atoms with E-state index in [1.165, 1.54) is 19.3 Å². The van der Waals surface area contributed by atoms with Crippen LogP contribution < -0.4 is 0 Å². The van der Waals surface area contributed by atoms with Crippen molar-refractivity contribution in [2.24, 2.45) is 29.1 Å². The molecule has 5 fully saturated rings. The van der Waals surface area contributed by atoms with Gasteiger partial charge in [0.05, 0.1) is 11.5 Å². The first-order valence-electron chi connectivity index (χ1n) is 10.7. The van der Waals surface area contributed by atoms with E-state index < -0.39 is 6.10 Å². The van der Waals surface area contributed by atoms with Crippen LogP contribution >= 0.6 is 0 Å². The van der Waals surface area contributed by atoms with Gasteiger partial charge in [0, 0.05) is 13.1 Å². The fraction of sp³-hybridized carbons (Fsp3) is 0.696. The van der Waals surface area contributed by atoms with Crippen molar-refractivity contribution < 1.29 is 9.90 Å². The second-order valence-corrected chi connectivity index (χ2v) is 9.68. The van der Waals surface area contributed by atoms with Crippen LogP contribution in [0.15, 0.2) is 30.3 Å². The number of rotatable bonds is 3. The highest BCUT2D eigenvalue weighted by Gasteiger charge is 2.55. The van der Waals surface area contributed by atoms with E-state index in [2.05, 4.69) is 4.90 Å². The molecule has 1 amide bonds. The molecule has 0 radical (unpaired) electrons. The highest BCUT2D eigenvalue weighted by molar-refractivity contribution is 5.83. The SMILES string of the molecule is O=C(N1CCC(C(O)c2ccccc2)CC1)C12CC3CC(CC(C3)C1)C2. The molecule has 4 saturated carbocycles. The molecule has 1 N–H and O–H groups in total. The molecule has 1 atom stereocenters. The molecule has 1 aromatic rings. The van der Waals surface area contributed by atoms with Gasteiger partial charge in [-0.25, -0.2) is 0 Å². The molecular weight excluding hydrogens is 322 g/mol. The third-order valence-corrected chi connectivity index (χ3v) is 7.91. The van der Waals surface area contributed by atoms with Crippen LogP contribution in [0, 0.1) is 29.1 Å². The van der Waals surface area contributed by atoms with Crippen molar-refractivity contribution in [1.29, 1.82) is 0 Å². The summed E-state index contributed by atoms with van der Waals surface area (Å²) in [4.78, 5) is 15.6. The quantitative estimate of drug-likeness (QED) is 0.886. The summed E-state index contributed by atoms with van der Waals surface area (Å²) in [5.41, 5.74) is 0.998. The lowest BCUT2D eigenvalue weighted by molar-refractivity contribution is -0.159. The molecule has 4 bridgehead atoms. The van der Waals surface area contributed by atoms with Crippen LogP contribution in [0.3, 0.4) is 0 Å². The largest absolute Gasteiger partial charge is 0.388 e. The second kappa shape index (κ2) is 6.37. The highest BCUT2D eigenvalue weighted by atomic mass is 16.3. The summed E-state index contributed by atoms with van der Waals surface area (Å²) in [5, 5.41) is 10.7. The number of benzene rings is 1. The van der Waals surface area contributed by atoms with Crippen molar-refractivity contribution in [1.82, 2.24) is 4.90 Å². The molecule has 3 heteroatoms. The Morgan fingerprint density at radius 1 is 0.962 bits per heavy atom. The van der Waals surface area contributed by atoms with Crippen LogP contribution in [0.25, 0.3) is 0 Å². The molecule has 140 valence electrons. The first kappa shape index (κ1) is 16.8. The molecule has 26 heavy (non-hydrogen) atoms. The van der Waals surface area contributed by atoms with Crippen molar-refractivity contribution in [3.63, 3.8) is 0 Å². The fourth-order valence-electron chi connectivity index (χ4n) is 7.05. The Balaban J connectivity index is 1.24. The summed E-state index contributed by atoms with van der Waals surface area (Å²) in [6.07, 6.45) is 9.09. The third-order valence-electron chi connectivity index (χ3n) is 7.91. The number of nitrogens with zero attached hydrogens (tertiary/aromatic N) is 1. The summed E-state index contributed by atoms with van der Waals surface area (Å²) in [6, 6.07) is 9.99. The van der Waals surface area contributed by atoms with Crippen molar-refractivity contribution in [2.45, 2.75) is 57.5 Å². The van der Waals surface area contributed by atoms with Gasteiger partial charge in [0.2, 0.25) is 5.91 Å². The average molecular weight is 354 g/mol. The van der Waals surface area contributed by atoms with Crippen molar-refractivity contribution in [2.75, 3.05) is 13.1 Å². The molecule has 1 saturated heterocycles. The molecule has 6 rings (SSSR count). The molecule has 4 aliphatic carbocycles. The maximum Gasteiger partial charge on any atom is 0.228 e. The Hall–Kier alpha value is -1.35. The topological polar surface area (TPSA) is 40.5 Å². The lowest BCUT2D eigenvalue weighted by Crippen LogP contribution is -2.55. The molecule has 1 aliphatic heterocycles. The zero-order valence-electron chi connectivity index (χ0n) is 15.6. The number of carbonyl (C=O) groups is 1. The average Bonchev–Trinajstić information content (AvgIpc) is 2.67. The Kier molecular flexibility index (Phi) is 4.11. The summed E-state index contributed by atoms with van der Waals surface area (Å²) < 4.78 is 0. The molecular formula is C23H31NO2. The third kappa shape index (κ3) is 2.79. The van der Waals surface area contributed by atoms with Gasteiger partial charge in [0.25, 0.3) is 0 Å². The second-order valence-electron chi connectivity index (χ2n) is 9.68. The zero-order chi connectivity index (χ0) is 17.7. The number of aliphatic hydroxyl groups is 1. The standard InChI is InChI=1S/C23H31NO2/c25-21(19-4-2-1-3-5-19)20-6-8-24(9-7-20)22(26)23-13-16-10-17(14-23)12-18(11-16)15-23/h1-5,16-18,20-21,25H,6-15H2. The summed E-state index contributed by atoms with van der Waals surface area (Å²) in [7, 11) is 0. The van der Waals surface area contributed by atoms with E-state index >= 15 is 0 Å². The molecule has 0 spiro atoms. The zero-order valence-corrected chi connectivity index (χ0v) is 15.6. The first-order chi connectivity index (χ1) is 12.6. The normalized spacial score (nSPS) is 37.7. The summed E-state index contributed by atoms with van der Waals surface area (Å²) >= 11 is 0. The number of carbonyl (C=O) groups excluding carboxylic acids is 1. The number of amides is 1. The van der Waals surface area contributed by atoms with Gasteiger partial charge in [-0.1, -0.05) is 30.3 Å². The van der Waals surface area contributed by atoms with Gasteiger partial charge in [-0.05, 0) is 80.6 Å². The molecule has 3 nitrogen and oxygen atoms in total. The number of piperidine rings is 1. The van der Waals surface area contributed by atoms with Crippen LogP contribution in [-0.2, 0) is 4.79 Å². The van der Waals surface area contributed by atoms with Crippen LogP contribution in [-0.4, -0.2) is 29.0 Å². The van der Waals surface area contributed by atoms with Crippen LogP contribution in [0.4, 0.5) is 0 Å². The van der Waals surface area contributed by atoms with Gasteiger partial charge in [-0.3, -0.25) is 4.79 Å². The molecule has 1 heterocycles. The number of hydrogen-bond acceptors (Lipinski definition) is 2. The van der Waals surface area contributed by atoms with E-state index in [0.717, 1.165) is 68.5 Å². The molecule has 0 aromatic heterocycles. The van der Waals surface area contributed by atoms with Gasteiger partial charge in [-0.15, -0.1) is 0 Å². The van der Waals surface area contributed by atoms with E-state index in [1.54, 1.807) is 0 Å². The van der Waals surface area contributed by atoms with E-state index in [4.69, 9.17) is 0 Å². The predicted molar refractivity (Wildman–Crippen MR) is 101 cm³/mol. The minimum absolute atomic E-state index is 0.0143. The monoisotopic (exact) mass is 353 g/mol. The molecule has 1 aromatic carbocycles. The summed E-state index contributed by atoms with van der Waals surface area (Å²) in [5.74, 6) is 3.20. The van der Waals surface area contributed by atoms with Crippen LogP contribution in [0.5, 0.6) is 0 Å². The maximum atomic E-state index is 13.5. The van der Waals surface area contributed by atoms with Crippen molar-refractivity contribution in [3.05, 3.63) is 35.9 Å². The van der Waals surface area contributed by atoms with E-state index in [9.17, 15) is 9.90 Å². The highest BCUT2D eigenvalue weighted by Crippen LogP contribution is 2.60. The number of aliphatic hydroxyl groups excluding tert-OH is 1. The molecule has 1 unspecified atom stereocenters. The van der Waals surface area contributed by atoms with Crippen molar-refractivity contribution >= 4 is 5.91 Å². The molecule has 5 aliphatic rings. The lowest BCUT2D eigenvalue weighted by atomic mass is 9.49. The minimum Gasteiger partial charge on any atom is -0.388 e. The van der Waals surface area contributed by atoms with Gasteiger partial charge < -0.3 is 10.0 Å². The van der Waals surface area contributed by atoms with E-state index in [-0.39, 0.29) is 11.3 Å². The van der Waals surface area contributed by atoms with Gasteiger partial charge in [-0.2, -0.15) is 0 Å². The van der Waals surface area contributed by atoms with Gasteiger partial charge >= 0.3 is 0 Å². The first-order valence-corrected chi connectivity index (χ1v) is 10.7. The maximum absolute atomic E-state index is 13.5. The Bertz CT molecular complexity index is 627. The van der Waals surface area contributed by atoms with Gasteiger partial charge in [0.15, 0.2) is 0 Å². The Labute approximate surface area is 156 Å². The number of likely N-dealkylation sites (tertiary alicyclic amines) is 1. The van der Waals surface area contributed by atoms with E-state index in [1.807, 2.05) is 30.3 Å². The number of hydrogen-bond donors (Lipinski definition) is 1. The Morgan fingerprint density at radius 3 is 2.04 bits per heavy atom. The fourth-order valence-corrected chi connectivity index (χ4v) is 7.05. The predicted octanol–water partition coefficient (Wildman–Crippen LogP) is 4.18. The van der Waals surface area contributed by atoms with Crippen molar-refractivity contribution in [3.8, 4) is 0 Å². The minimum atomic E-state index is -0.395. The van der Waals surface area contributed by atoms with Crippen LogP contribution in [0.2, 0.25) is 0 Å².